The van der Waals surface area contributed by atoms with Gasteiger partial charge in [-0.05, 0) is 6.42 Å². The molecule has 0 aromatic carbocycles. The molecular formula is C10H15N3O2S. The lowest BCUT2D eigenvalue weighted by Gasteiger charge is -2.06. The van der Waals surface area contributed by atoms with Gasteiger partial charge in [-0.2, -0.15) is 5.26 Å². The largest absolute Gasteiger partial charge is 0.492 e. The molecule has 0 saturated heterocycles. The van der Waals surface area contributed by atoms with Gasteiger partial charge in [0.2, 0.25) is 0 Å². The highest BCUT2D eigenvalue weighted by Crippen LogP contribution is 2.41. The molecule has 3 N–H and O–H groups in total. The maximum absolute atomic E-state index is 8.84. The van der Waals surface area contributed by atoms with Crippen LogP contribution < -0.4 is 15.8 Å². The van der Waals surface area contributed by atoms with Crippen LogP contribution in [0.3, 0.4) is 0 Å². The quantitative estimate of drug-likeness (QED) is 0.740. The van der Waals surface area contributed by atoms with Crippen LogP contribution in [0.2, 0.25) is 0 Å². The molecule has 0 unspecified atom stereocenters. The van der Waals surface area contributed by atoms with E-state index in [4.69, 9.17) is 20.5 Å². The number of nitrogens with two attached hydrogens (primary N) is 1. The van der Waals surface area contributed by atoms with Crippen LogP contribution in [0.4, 0.5) is 10.7 Å². The van der Waals surface area contributed by atoms with Crippen molar-refractivity contribution in [3.8, 4) is 11.8 Å². The maximum Gasteiger partial charge on any atom is 0.177 e. The first kappa shape index (κ1) is 12.6. The van der Waals surface area contributed by atoms with Crippen molar-refractivity contribution >= 4 is 22.0 Å². The molecule has 1 rings (SSSR count). The molecule has 1 heterocycles. The molecule has 0 radical (unpaired) electrons. The lowest BCUT2D eigenvalue weighted by atomic mass is 10.3. The monoisotopic (exact) mass is 241 g/mol. The Balaban J connectivity index is 2.68. The number of hydrogen-bond acceptors (Lipinski definition) is 6. The van der Waals surface area contributed by atoms with Gasteiger partial charge in [0.25, 0.3) is 0 Å². The van der Waals surface area contributed by atoms with E-state index in [9.17, 15) is 0 Å². The second-order valence-corrected chi connectivity index (χ2v) is 4.11. The number of hydrogen-bond donors (Lipinski definition) is 2. The van der Waals surface area contributed by atoms with Gasteiger partial charge in [-0.3, -0.25) is 0 Å². The highest BCUT2D eigenvalue weighted by atomic mass is 32.1. The number of methoxy groups -OCH3 is 2. The smallest absolute Gasteiger partial charge is 0.177 e. The molecule has 0 aliphatic carbocycles. The molecule has 1 aromatic rings. The fourth-order valence-corrected chi connectivity index (χ4v) is 2.16. The van der Waals surface area contributed by atoms with E-state index in [1.807, 2.05) is 6.07 Å². The van der Waals surface area contributed by atoms with Crippen molar-refractivity contribution in [1.82, 2.24) is 0 Å². The maximum atomic E-state index is 8.84. The van der Waals surface area contributed by atoms with Crippen LogP contribution in [0, 0.1) is 11.3 Å². The van der Waals surface area contributed by atoms with E-state index in [1.54, 1.807) is 14.2 Å². The number of anilines is 2. The summed E-state index contributed by atoms with van der Waals surface area (Å²) in [5.41, 5.74) is 6.16. The van der Waals surface area contributed by atoms with Gasteiger partial charge in [-0.1, -0.05) is 0 Å². The fourth-order valence-electron chi connectivity index (χ4n) is 1.25. The van der Waals surface area contributed by atoms with Crippen molar-refractivity contribution < 1.29 is 9.47 Å². The molecule has 1 aromatic heterocycles. The highest BCUT2D eigenvalue weighted by molar-refractivity contribution is 7.17. The molecule has 0 fully saturated rings. The van der Waals surface area contributed by atoms with Gasteiger partial charge in [0.1, 0.15) is 21.6 Å². The highest BCUT2D eigenvalue weighted by Gasteiger charge is 2.15. The van der Waals surface area contributed by atoms with E-state index >= 15 is 0 Å². The van der Waals surface area contributed by atoms with Crippen LogP contribution >= 0.6 is 11.3 Å². The average Bonchev–Trinajstić information content (AvgIpc) is 2.60. The Morgan fingerprint density at radius 2 is 2.25 bits per heavy atom. The lowest BCUT2D eigenvalue weighted by molar-refractivity contribution is 0.198. The Kier molecular flexibility index (Phi) is 4.89. The predicted octanol–water partition coefficient (Wildman–Crippen LogP) is 1.66. The third-order valence-electron chi connectivity index (χ3n) is 2.02. The summed E-state index contributed by atoms with van der Waals surface area (Å²) in [7, 11) is 3.21. The van der Waals surface area contributed by atoms with Crippen molar-refractivity contribution in [2.24, 2.45) is 0 Å². The van der Waals surface area contributed by atoms with Crippen molar-refractivity contribution in [3.63, 3.8) is 0 Å². The lowest BCUT2D eigenvalue weighted by Crippen LogP contribution is -2.04. The first-order valence-corrected chi connectivity index (χ1v) is 5.65. The molecule has 5 nitrogen and oxygen atoms in total. The SMILES string of the molecule is COCCCNc1sc(C#N)c(N)c1OC. The van der Waals surface area contributed by atoms with Gasteiger partial charge in [0.05, 0.1) is 7.11 Å². The zero-order valence-corrected chi connectivity index (χ0v) is 10.2. The van der Waals surface area contributed by atoms with Crippen LogP contribution in [-0.4, -0.2) is 27.4 Å². The van der Waals surface area contributed by atoms with Crippen molar-refractivity contribution in [1.29, 1.82) is 5.26 Å². The molecule has 0 atom stereocenters. The number of rotatable bonds is 6. The predicted molar refractivity (Wildman–Crippen MR) is 65.0 cm³/mol. The Morgan fingerprint density at radius 1 is 1.50 bits per heavy atom. The Morgan fingerprint density at radius 3 is 2.81 bits per heavy atom. The molecular weight excluding hydrogens is 226 g/mol. The third-order valence-corrected chi connectivity index (χ3v) is 3.07. The molecule has 0 aliphatic heterocycles. The summed E-state index contributed by atoms with van der Waals surface area (Å²) in [4.78, 5) is 0.478. The van der Waals surface area contributed by atoms with Crippen LogP contribution in [0.15, 0.2) is 0 Å². The molecule has 0 saturated carbocycles. The minimum absolute atomic E-state index is 0.407. The van der Waals surface area contributed by atoms with Crippen LogP contribution in [0.5, 0.6) is 5.75 Å². The normalized spacial score (nSPS) is 9.81. The van der Waals surface area contributed by atoms with Gasteiger partial charge in [-0.15, -0.1) is 11.3 Å². The Hall–Kier alpha value is -1.45. The molecule has 0 bridgehead atoms. The second-order valence-electron chi connectivity index (χ2n) is 3.09. The number of nitriles is 1. The number of thiophene rings is 1. The van der Waals surface area contributed by atoms with E-state index < -0.39 is 0 Å². The first-order chi connectivity index (χ1) is 7.74. The summed E-state index contributed by atoms with van der Waals surface area (Å²) in [5.74, 6) is 0.555. The standard InChI is InChI=1S/C10H15N3O2S/c1-14-5-3-4-13-10-9(15-2)8(12)7(6-11)16-10/h13H,3-5,12H2,1-2H3. The molecule has 16 heavy (non-hydrogen) atoms. The second kappa shape index (κ2) is 6.20. The summed E-state index contributed by atoms with van der Waals surface area (Å²) < 4.78 is 10.1. The summed E-state index contributed by atoms with van der Waals surface area (Å²) in [6.07, 6.45) is 0.888. The summed E-state index contributed by atoms with van der Waals surface area (Å²) in [6.45, 7) is 1.45. The average molecular weight is 241 g/mol. The number of ether oxygens (including phenoxy) is 2. The number of nitrogen functional groups attached to an aromatic ring is 1. The number of nitrogens with one attached hydrogen (secondary N) is 1. The van der Waals surface area contributed by atoms with Crippen molar-refractivity contribution in [2.75, 3.05) is 38.4 Å². The molecule has 0 spiro atoms. The van der Waals surface area contributed by atoms with E-state index in [0.717, 1.165) is 18.0 Å². The van der Waals surface area contributed by atoms with Gasteiger partial charge in [0, 0.05) is 20.3 Å². The molecule has 0 amide bonds. The molecule has 0 aliphatic rings. The molecule has 88 valence electrons. The zero-order chi connectivity index (χ0) is 12.0. The Labute approximate surface area is 98.8 Å². The topological polar surface area (TPSA) is 80.3 Å². The van der Waals surface area contributed by atoms with Gasteiger partial charge in [0.15, 0.2) is 5.75 Å². The Bertz CT molecular complexity index is 384. The van der Waals surface area contributed by atoms with Gasteiger partial charge in [-0.25, -0.2) is 0 Å². The van der Waals surface area contributed by atoms with Gasteiger partial charge >= 0.3 is 0 Å². The van der Waals surface area contributed by atoms with E-state index in [-0.39, 0.29) is 0 Å². The summed E-state index contributed by atoms with van der Waals surface area (Å²) in [5, 5.41) is 12.8. The minimum Gasteiger partial charge on any atom is -0.492 e. The van der Waals surface area contributed by atoms with Crippen LogP contribution in [0.1, 0.15) is 11.3 Å². The first-order valence-electron chi connectivity index (χ1n) is 4.83. The summed E-state index contributed by atoms with van der Waals surface area (Å²) >= 11 is 1.31. The fraction of sp³-hybridized carbons (Fsp3) is 0.500. The van der Waals surface area contributed by atoms with Crippen molar-refractivity contribution in [2.45, 2.75) is 6.42 Å². The minimum atomic E-state index is 0.407. The van der Waals surface area contributed by atoms with Crippen LogP contribution in [0.25, 0.3) is 0 Å². The van der Waals surface area contributed by atoms with Gasteiger partial charge < -0.3 is 20.5 Å². The van der Waals surface area contributed by atoms with Crippen LogP contribution in [-0.2, 0) is 4.74 Å². The molecule has 6 heteroatoms. The van der Waals surface area contributed by atoms with E-state index in [1.165, 1.54) is 11.3 Å². The number of nitrogens with zero attached hydrogens (tertiary/aromatic N) is 1. The zero-order valence-electron chi connectivity index (χ0n) is 9.37. The van der Waals surface area contributed by atoms with E-state index in [0.29, 0.717) is 22.9 Å². The van der Waals surface area contributed by atoms with Crippen molar-refractivity contribution in [3.05, 3.63) is 4.88 Å². The van der Waals surface area contributed by atoms with E-state index in [2.05, 4.69) is 5.32 Å². The summed E-state index contributed by atoms with van der Waals surface area (Å²) in [6, 6.07) is 2.04. The third kappa shape index (κ3) is 2.78.